The van der Waals surface area contributed by atoms with Gasteiger partial charge in [0.2, 0.25) is 11.8 Å². The number of halogens is 2. The number of benzene rings is 1. The highest BCUT2D eigenvalue weighted by molar-refractivity contribution is 9.11. The third kappa shape index (κ3) is 5.89. The molecule has 138 valence electrons. The van der Waals surface area contributed by atoms with Gasteiger partial charge in [-0.05, 0) is 67.2 Å². The van der Waals surface area contributed by atoms with E-state index in [4.69, 9.17) is 0 Å². The first-order valence-electron chi connectivity index (χ1n) is 7.96. The minimum absolute atomic E-state index is 0.0751. The molecule has 1 aromatic heterocycles. The first kappa shape index (κ1) is 20.5. The van der Waals surface area contributed by atoms with Crippen LogP contribution in [0.25, 0.3) is 0 Å². The van der Waals surface area contributed by atoms with Crippen molar-refractivity contribution >= 4 is 55.2 Å². The molecule has 2 amide bonds. The van der Waals surface area contributed by atoms with E-state index in [2.05, 4.69) is 47.5 Å². The molecule has 26 heavy (non-hydrogen) atoms. The Hall–Kier alpha value is -1.77. The monoisotopic (exact) mass is 482 g/mol. The fraction of sp³-hybridized carbons (Fsp3) is 0.278. The molecule has 1 atom stereocenters. The van der Waals surface area contributed by atoms with Crippen LogP contribution in [0.4, 0.5) is 11.5 Å². The molecule has 8 heteroatoms. The van der Waals surface area contributed by atoms with Gasteiger partial charge in [0.1, 0.15) is 5.82 Å². The molecule has 1 aromatic carbocycles. The third-order valence-electron chi connectivity index (χ3n) is 3.78. The van der Waals surface area contributed by atoms with Crippen LogP contribution in [0.5, 0.6) is 0 Å². The normalized spacial score (nSPS) is 11.9. The van der Waals surface area contributed by atoms with Gasteiger partial charge in [-0.3, -0.25) is 14.5 Å². The molecule has 0 aliphatic rings. The van der Waals surface area contributed by atoms with Crippen molar-refractivity contribution in [3.8, 4) is 0 Å². The summed E-state index contributed by atoms with van der Waals surface area (Å²) in [4.78, 5) is 30.5. The van der Waals surface area contributed by atoms with E-state index >= 15 is 0 Å². The summed E-state index contributed by atoms with van der Waals surface area (Å²) in [5.74, 6) is 0.0753. The molecule has 0 saturated heterocycles. The van der Waals surface area contributed by atoms with E-state index in [0.717, 1.165) is 14.6 Å². The summed E-state index contributed by atoms with van der Waals surface area (Å²) < 4.78 is 1.69. The number of hydrogen-bond acceptors (Lipinski definition) is 4. The number of nitrogens with zero attached hydrogens (tertiary/aromatic N) is 2. The summed E-state index contributed by atoms with van der Waals surface area (Å²) in [6.07, 6.45) is 0. The summed E-state index contributed by atoms with van der Waals surface area (Å²) in [5.41, 5.74) is 1.50. The molecule has 0 radical (unpaired) electrons. The number of pyridine rings is 1. The number of aryl methyl sites for hydroxylation is 1. The Morgan fingerprint density at radius 2 is 1.92 bits per heavy atom. The molecular weight excluding hydrogens is 464 g/mol. The van der Waals surface area contributed by atoms with Crippen LogP contribution in [-0.2, 0) is 9.59 Å². The molecule has 0 aliphatic carbocycles. The Balaban J connectivity index is 1.92. The largest absolute Gasteiger partial charge is 0.324 e. The van der Waals surface area contributed by atoms with Crippen molar-refractivity contribution in [1.82, 2.24) is 9.88 Å². The van der Waals surface area contributed by atoms with Crippen molar-refractivity contribution in [3.63, 3.8) is 0 Å². The van der Waals surface area contributed by atoms with Gasteiger partial charge >= 0.3 is 0 Å². The van der Waals surface area contributed by atoms with Gasteiger partial charge in [0, 0.05) is 14.6 Å². The van der Waals surface area contributed by atoms with Gasteiger partial charge in [-0.2, -0.15) is 0 Å². The van der Waals surface area contributed by atoms with Crippen LogP contribution in [0, 0.1) is 6.92 Å². The number of rotatable bonds is 6. The van der Waals surface area contributed by atoms with Gasteiger partial charge in [0.25, 0.3) is 0 Å². The van der Waals surface area contributed by atoms with Gasteiger partial charge in [0.15, 0.2) is 0 Å². The first-order chi connectivity index (χ1) is 12.3. The molecule has 2 rings (SSSR count). The summed E-state index contributed by atoms with van der Waals surface area (Å²) in [6.45, 7) is 3.68. The predicted octanol–water partition coefficient (Wildman–Crippen LogP) is 3.81. The number of aromatic nitrogens is 1. The van der Waals surface area contributed by atoms with Crippen LogP contribution < -0.4 is 10.6 Å². The zero-order valence-corrected chi connectivity index (χ0v) is 17.9. The van der Waals surface area contributed by atoms with Gasteiger partial charge < -0.3 is 10.6 Å². The molecule has 2 N–H and O–H groups in total. The van der Waals surface area contributed by atoms with E-state index in [1.165, 1.54) is 0 Å². The number of amides is 2. The zero-order valence-electron chi connectivity index (χ0n) is 14.7. The average molecular weight is 484 g/mol. The minimum atomic E-state index is -0.484. The van der Waals surface area contributed by atoms with E-state index in [0.29, 0.717) is 11.5 Å². The summed E-state index contributed by atoms with van der Waals surface area (Å²) >= 11 is 6.79. The fourth-order valence-electron chi connectivity index (χ4n) is 2.19. The van der Waals surface area contributed by atoms with E-state index in [9.17, 15) is 9.59 Å². The highest BCUT2D eigenvalue weighted by Crippen LogP contribution is 2.26. The van der Waals surface area contributed by atoms with Crippen molar-refractivity contribution in [2.45, 2.75) is 19.9 Å². The van der Waals surface area contributed by atoms with E-state index in [1.807, 2.05) is 31.2 Å². The molecular formula is C18H20Br2N4O2. The van der Waals surface area contributed by atoms with Gasteiger partial charge in [-0.15, -0.1) is 0 Å². The van der Waals surface area contributed by atoms with Gasteiger partial charge in [-0.1, -0.05) is 22.0 Å². The van der Waals surface area contributed by atoms with Crippen LogP contribution in [-0.4, -0.2) is 41.3 Å². The molecule has 2 aromatic rings. The topological polar surface area (TPSA) is 74.3 Å². The summed E-state index contributed by atoms with van der Waals surface area (Å²) in [5, 5.41) is 5.59. The molecule has 0 bridgehead atoms. The number of carbonyl (C=O) groups is 2. The SMILES string of the molecule is Cc1cccc(NC(=O)CN(C)C(C)C(=O)Nc2ccc(Br)cc2Br)n1. The Morgan fingerprint density at radius 3 is 2.58 bits per heavy atom. The molecule has 0 aliphatic heterocycles. The second-order valence-corrected chi connectivity index (χ2v) is 7.69. The number of likely N-dealkylation sites (N-methyl/N-ethyl adjacent to an activating group) is 1. The van der Waals surface area contributed by atoms with Crippen LogP contribution in [0.15, 0.2) is 45.3 Å². The molecule has 1 unspecified atom stereocenters. The molecule has 1 heterocycles. The number of nitrogens with one attached hydrogen (secondary N) is 2. The molecule has 0 saturated carbocycles. The highest BCUT2D eigenvalue weighted by atomic mass is 79.9. The minimum Gasteiger partial charge on any atom is -0.324 e. The van der Waals surface area contributed by atoms with Gasteiger partial charge in [0.05, 0.1) is 18.3 Å². The number of anilines is 2. The Morgan fingerprint density at radius 1 is 1.19 bits per heavy atom. The summed E-state index contributed by atoms with van der Waals surface area (Å²) in [7, 11) is 1.73. The van der Waals surface area contributed by atoms with Gasteiger partial charge in [-0.25, -0.2) is 4.98 Å². The van der Waals surface area contributed by atoms with Crippen molar-refractivity contribution in [3.05, 3.63) is 51.0 Å². The van der Waals surface area contributed by atoms with Crippen molar-refractivity contribution in [2.24, 2.45) is 0 Å². The Bertz CT molecular complexity index is 814. The second kappa shape index (κ2) is 9.25. The first-order valence-corrected chi connectivity index (χ1v) is 9.54. The molecule has 0 spiro atoms. The third-order valence-corrected chi connectivity index (χ3v) is 4.93. The van der Waals surface area contributed by atoms with E-state index in [-0.39, 0.29) is 18.4 Å². The lowest BCUT2D eigenvalue weighted by Crippen LogP contribution is -2.43. The maximum atomic E-state index is 12.4. The van der Waals surface area contributed by atoms with Crippen LogP contribution in [0.1, 0.15) is 12.6 Å². The maximum Gasteiger partial charge on any atom is 0.241 e. The van der Waals surface area contributed by atoms with Crippen molar-refractivity contribution < 1.29 is 9.59 Å². The van der Waals surface area contributed by atoms with Crippen LogP contribution in [0.3, 0.4) is 0 Å². The lowest BCUT2D eigenvalue weighted by molar-refractivity contribution is -0.122. The van der Waals surface area contributed by atoms with Crippen molar-refractivity contribution in [1.29, 1.82) is 0 Å². The predicted molar refractivity (Wildman–Crippen MR) is 110 cm³/mol. The Kier molecular flexibility index (Phi) is 7.31. The summed E-state index contributed by atoms with van der Waals surface area (Å²) in [6, 6.07) is 10.4. The number of carbonyl (C=O) groups excluding carboxylic acids is 2. The number of hydrogen-bond donors (Lipinski definition) is 2. The van der Waals surface area contributed by atoms with E-state index in [1.54, 1.807) is 31.0 Å². The zero-order chi connectivity index (χ0) is 19.3. The smallest absolute Gasteiger partial charge is 0.241 e. The average Bonchev–Trinajstić information content (AvgIpc) is 2.56. The quantitative estimate of drug-likeness (QED) is 0.655. The highest BCUT2D eigenvalue weighted by Gasteiger charge is 2.21. The Labute approximate surface area is 169 Å². The standard InChI is InChI=1S/C18H20Br2N4O2/c1-11-5-4-6-16(21-11)23-17(25)10-24(3)12(2)18(26)22-15-8-7-13(19)9-14(15)20/h4-9,12H,10H2,1-3H3,(H,22,26)(H,21,23,25). The lowest BCUT2D eigenvalue weighted by atomic mass is 10.2. The second-order valence-electron chi connectivity index (χ2n) is 5.92. The maximum absolute atomic E-state index is 12.4. The van der Waals surface area contributed by atoms with Crippen LogP contribution in [0.2, 0.25) is 0 Å². The fourth-order valence-corrected chi connectivity index (χ4v) is 3.33. The van der Waals surface area contributed by atoms with Crippen LogP contribution >= 0.6 is 31.9 Å². The van der Waals surface area contributed by atoms with Crippen molar-refractivity contribution in [2.75, 3.05) is 24.2 Å². The lowest BCUT2D eigenvalue weighted by Gasteiger charge is -2.23. The molecule has 0 fully saturated rings. The van der Waals surface area contributed by atoms with E-state index < -0.39 is 6.04 Å². The molecule has 6 nitrogen and oxygen atoms in total.